The molecule has 0 aliphatic carbocycles. The zero-order chi connectivity index (χ0) is 16.9. The number of guanidine groups is 1. The minimum Gasteiger partial charge on any atom is -0.355 e. The molecule has 23 heavy (non-hydrogen) atoms. The molecular formula is C17H26N4OS. The largest absolute Gasteiger partial charge is 0.355 e. The van der Waals surface area contributed by atoms with Crippen molar-refractivity contribution in [3.05, 3.63) is 29.8 Å². The van der Waals surface area contributed by atoms with E-state index in [0.717, 1.165) is 25.2 Å². The number of nitrogens with one attached hydrogen (secondary N) is 2. The van der Waals surface area contributed by atoms with Crippen LogP contribution in [-0.4, -0.2) is 49.6 Å². The number of fused-ring (bicyclic) bond motifs is 1. The van der Waals surface area contributed by atoms with E-state index in [4.69, 9.17) is 0 Å². The van der Waals surface area contributed by atoms with Crippen molar-refractivity contribution in [1.82, 2.24) is 10.6 Å². The van der Waals surface area contributed by atoms with Gasteiger partial charge < -0.3 is 15.5 Å². The zero-order valence-electron chi connectivity index (χ0n) is 14.3. The van der Waals surface area contributed by atoms with Gasteiger partial charge >= 0.3 is 0 Å². The lowest BCUT2D eigenvalue weighted by Gasteiger charge is -2.24. The minimum absolute atomic E-state index is 0.0713. The molecular weight excluding hydrogens is 308 g/mol. The highest BCUT2D eigenvalue weighted by Gasteiger charge is 2.24. The first-order chi connectivity index (χ1) is 11.0. The van der Waals surface area contributed by atoms with Gasteiger partial charge in [-0.1, -0.05) is 18.2 Å². The molecule has 2 rings (SSSR count). The molecule has 2 N–H and O–H groups in total. The van der Waals surface area contributed by atoms with E-state index in [9.17, 15) is 4.79 Å². The van der Waals surface area contributed by atoms with Crippen LogP contribution in [0.2, 0.25) is 0 Å². The maximum absolute atomic E-state index is 12.5. The van der Waals surface area contributed by atoms with Crippen LogP contribution < -0.4 is 15.5 Å². The van der Waals surface area contributed by atoms with E-state index in [0.29, 0.717) is 5.96 Å². The molecule has 0 atom stereocenters. The van der Waals surface area contributed by atoms with Gasteiger partial charge in [-0.15, -0.1) is 0 Å². The monoisotopic (exact) mass is 334 g/mol. The number of hydrogen-bond acceptors (Lipinski definition) is 3. The molecule has 0 saturated carbocycles. The summed E-state index contributed by atoms with van der Waals surface area (Å²) in [6.45, 7) is 6.13. The van der Waals surface area contributed by atoms with Gasteiger partial charge in [-0.25, -0.2) is 0 Å². The van der Waals surface area contributed by atoms with E-state index in [2.05, 4.69) is 41.8 Å². The minimum atomic E-state index is 0.0713. The van der Waals surface area contributed by atoms with E-state index in [-0.39, 0.29) is 17.2 Å². The molecule has 0 spiro atoms. The lowest BCUT2D eigenvalue weighted by atomic mass is 10.2. The second-order valence-corrected chi connectivity index (χ2v) is 7.68. The molecule has 1 heterocycles. The standard InChI is InChI=1S/C17H26N4OS/c1-17(2,23-4)12-20-16(18-3)19-11-15(22)21-10-9-13-7-5-6-8-14(13)21/h5-8H,9-12H2,1-4H3,(H2,18,19,20). The molecule has 0 saturated heterocycles. The van der Waals surface area contributed by atoms with Gasteiger partial charge in [-0.2, -0.15) is 11.8 Å². The Labute approximate surface area is 142 Å². The quantitative estimate of drug-likeness (QED) is 0.638. The maximum atomic E-state index is 12.5. The lowest BCUT2D eigenvalue weighted by molar-refractivity contribution is -0.117. The van der Waals surface area contributed by atoms with Crippen molar-refractivity contribution in [2.45, 2.75) is 25.0 Å². The molecule has 0 bridgehead atoms. The highest BCUT2D eigenvalue weighted by molar-refractivity contribution is 7.99. The van der Waals surface area contributed by atoms with Crippen LogP contribution in [0, 0.1) is 0 Å². The first kappa shape index (κ1) is 17.7. The third-order valence-corrected chi connectivity index (χ3v) is 5.30. The van der Waals surface area contributed by atoms with Crippen molar-refractivity contribution < 1.29 is 4.79 Å². The SMILES string of the molecule is CN=C(NCC(=O)N1CCc2ccccc21)NCC(C)(C)SC. The van der Waals surface area contributed by atoms with Gasteiger partial charge in [-0.05, 0) is 38.2 Å². The van der Waals surface area contributed by atoms with Gasteiger partial charge in [0.25, 0.3) is 0 Å². The Morgan fingerprint density at radius 3 is 2.78 bits per heavy atom. The fourth-order valence-electron chi connectivity index (χ4n) is 2.44. The average Bonchev–Trinajstić information content (AvgIpc) is 2.99. The van der Waals surface area contributed by atoms with Gasteiger partial charge in [0.2, 0.25) is 5.91 Å². The number of benzene rings is 1. The topological polar surface area (TPSA) is 56.7 Å². The maximum Gasteiger partial charge on any atom is 0.246 e. The molecule has 6 heteroatoms. The van der Waals surface area contributed by atoms with Crippen molar-refractivity contribution in [1.29, 1.82) is 0 Å². The van der Waals surface area contributed by atoms with Crippen molar-refractivity contribution in [3.8, 4) is 0 Å². The molecule has 0 radical (unpaired) electrons. The lowest BCUT2D eigenvalue weighted by Crippen LogP contribution is -2.47. The van der Waals surface area contributed by atoms with Gasteiger partial charge in [0.05, 0.1) is 6.54 Å². The van der Waals surface area contributed by atoms with Crippen LogP contribution in [0.4, 0.5) is 5.69 Å². The van der Waals surface area contributed by atoms with E-state index in [1.807, 2.05) is 23.1 Å². The van der Waals surface area contributed by atoms with Crippen LogP contribution in [0.5, 0.6) is 0 Å². The number of para-hydroxylation sites is 1. The van der Waals surface area contributed by atoms with Crippen LogP contribution in [0.3, 0.4) is 0 Å². The second-order valence-electron chi connectivity index (χ2n) is 6.17. The molecule has 0 fully saturated rings. The zero-order valence-corrected chi connectivity index (χ0v) is 15.2. The van der Waals surface area contributed by atoms with Crippen molar-refractivity contribution in [2.75, 3.05) is 37.8 Å². The van der Waals surface area contributed by atoms with Gasteiger partial charge in [0.1, 0.15) is 0 Å². The Balaban J connectivity index is 1.87. The number of amides is 1. The Morgan fingerprint density at radius 1 is 1.35 bits per heavy atom. The Kier molecular flexibility index (Phi) is 5.93. The number of carbonyl (C=O) groups excluding carboxylic acids is 1. The van der Waals surface area contributed by atoms with E-state index in [1.54, 1.807) is 18.8 Å². The van der Waals surface area contributed by atoms with Gasteiger partial charge in [0.15, 0.2) is 5.96 Å². The van der Waals surface area contributed by atoms with Crippen LogP contribution in [0.25, 0.3) is 0 Å². The van der Waals surface area contributed by atoms with Crippen LogP contribution in [0.1, 0.15) is 19.4 Å². The predicted molar refractivity (Wildman–Crippen MR) is 99.5 cm³/mol. The summed E-state index contributed by atoms with van der Waals surface area (Å²) in [7, 11) is 1.72. The van der Waals surface area contributed by atoms with Gasteiger partial charge in [-0.3, -0.25) is 9.79 Å². The Morgan fingerprint density at radius 2 is 2.09 bits per heavy atom. The summed E-state index contributed by atoms with van der Waals surface area (Å²) in [4.78, 5) is 18.5. The first-order valence-electron chi connectivity index (χ1n) is 7.85. The highest BCUT2D eigenvalue weighted by Crippen LogP contribution is 2.27. The molecule has 126 valence electrons. The molecule has 0 aromatic heterocycles. The number of anilines is 1. The number of hydrogen-bond donors (Lipinski definition) is 2. The van der Waals surface area contributed by atoms with Crippen molar-refractivity contribution in [2.24, 2.45) is 4.99 Å². The summed E-state index contributed by atoms with van der Waals surface area (Å²) in [6.07, 6.45) is 3.02. The number of rotatable bonds is 5. The van der Waals surface area contributed by atoms with Crippen LogP contribution in [0.15, 0.2) is 29.3 Å². The molecule has 1 amide bonds. The number of aliphatic imine (C=N–C) groups is 1. The number of carbonyl (C=O) groups is 1. The molecule has 1 aliphatic heterocycles. The normalized spacial score (nSPS) is 14.6. The summed E-state index contributed by atoms with van der Waals surface area (Å²) >= 11 is 1.80. The number of nitrogens with zero attached hydrogens (tertiary/aromatic N) is 2. The first-order valence-corrected chi connectivity index (χ1v) is 9.07. The molecule has 1 aromatic carbocycles. The van der Waals surface area contributed by atoms with Crippen molar-refractivity contribution in [3.63, 3.8) is 0 Å². The van der Waals surface area contributed by atoms with E-state index in [1.165, 1.54) is 5.56 Å². The van der Waals surface area contributed by atoms with Crippen LogP contribution in [-0.2, 0) is 11.2 Å². The summed E-state index contributed by atoms with van der Waals surface area (Å²) in [5, 5.41) is 6.39. The smallest absolute Gasteiger partial charge is 0.246 e. The highest BCUT2D eigenvalue weighted by atomic mass is 32.2. The Bertz CT molecular complexity index is 586. The summed E-state index contributed by atoms with van der Waals surface area (Å²) in [6, 6.07) is 8.09. The molecule has 0 unspecified atom stereocenters. The predicted octanol–water partition coefficient (Wildman–Crippen LogP) is 1.88. The Hall–Kier alpha value is -1.69. The van der Waals surface area contributed by atoms with Gasteiger partial charge in [0, 0.05) is 30.6 Å². The fourth-order valence-corrected chi connectivity index (χ4v) is 2.66. The van der Waals surface area contributed by atoms with Crippen molar-refractivity contribution >= 4 is 29.3 Å². The summed E-state index contributed by atoms with van der Waals surface area (Å²) in [5.74, 6) is 0.731. The third kappa shape index (κ3) is 4.64. The number of thioether (sulfide) groups is 1. The second kappa shape index (κ2) is 7.73. The molecule has 5 nitrogen and oxygen atoms in total. The third-order valence-electron chi connectivity index (χ3n) is 4.05. The fraction of sp³-hybridized carbons (Fsp3) is 0.529. The van der Waals surface area contributed by atoms with E-state index >= 15 is 0 Å². The average molecular weight is 334 g/mol. The van der Waals surface area contributed by atoms with Crippen LogP contribution >= 0.6 is 11.8 Å². The van der Waals surface area contributed by atoms with E-state index < -0.39 is 0 Å². The molecule has 1 aliphatic rings. The summed E-state index contributed by atoms with van der Waals surface area (Å²) in [5.41, 5.74) is 2.27. The summed E-state index contributed by atoms with van der Waals surface area (Å²) < 4.78 is 0.121. The molecule has 1 aromatic rings.